The van der Waals surface area contributed by atoms with Crippen LogP contribution in [0.25, 0.3) is 166 Å². The minimum atomic E-state index is -0.0921. The van der Waals surface area contributed by atoms with Gasteiger partial charge in [0.15, 0.2) is 0 Å². The predicted octanol–water partition coefficient (Wildman–Crippen LogP) is 22.5. The van der Waals surface area contributed by atoms with E-state index >= 15 is 0 Å². The van der Waals surface area contributed by atoms with Gasteiger partial charge in [-0.25, -0.2) is 19.3 Å². The van der Waals surface area contributed by atoms with Crippen molar-refractivity contribution in [2.75, 3.05) is 0 Å². The van der Waals surface area contributed by atoms with Crippen LogP contribution in [-0.4, -0.2) is 34.6 Å². The first-order chi connectivity index (χ1) is 49.4. The zero-order chi connectivity index (χ0) is 71.0. The van der Waals surface area contributed by atoms with E-state index < -0.39 is 0 Å². The monoisotopic (exact) mass is 1730 g/mol. The van der Waals surface area contributed by atoms with Gasteiger partial charge in [-0.15, -0.1) is 33.1 Å². The second-order valence-corrected chi connectivity index (χ2v) is 31.8. The minimum absolute atomic E-state index is 0. The van der Waals surface area contributed by atoms with E-state index in [1.807, 2.05) is 24.4 Å². The Morgan fingerprint density at radius 2 is 0.781 bits per heavy atom. The quantitative estimate of drug-likeness (QED) is 0.146. The fourth-order valence-electron chi connectivity index (χ4n) is 14.6. The van der Waals surface area contributed by atoms with E-state index in [4.69, 9.17) is 35.1 Å². The zero-order valence-electron chi connectivity index (χ0n) is 61.1. The van der Waals surface area contributed by atoms with Crippen LogP contribution in [0, 0.1) is 6.92 Å². The van der Waals surface area contributed by atoms with Gasteiger partial charge in [-0.1, -0.05) is 265 Å². The summed E-state index contributed by atoms with van der Waals surface area (Å²) in [4.78, 5) is 26.0. The summed E-state index contributed by atoms with van der Waals surface area (Å²) >= 11 is 0. The molecular formula is C92H79N11Pt2. The van der Waals surface area contributed by atoms with E-state index in [2.05, 4.69) is 322 Å². The van der Waals surface area contributed by atoms with Gasteiger partial charge in [-0.05, 0) is 171 Å². The Labute approximate surface area is 640 Å². The number of aryl methyl sites for hydroxylation is 1. The van der Waals surface area contributed by atoms with Crippen molar-refractivity contribution >= 4 is 87.2 Å². The Morgan fingerprint density at radius 3 is 1.27 bits per heavy atom. The molecule has 8 heterocycles. The molecule has 522 valence electrons. The van der Waals surface area contributed by atoms with E-state index in [1.54, 1.807) is 6.20 Å². The molecule has 0 aliphatic carbocycles. The summed E-state index contributed by atoms with van der Waals surface area (Å²) < 4.78 is 4.18. The van der Waals surface area contributed by atoms with Crippen LogP contribution in [-0.2, 0) is 63.8 Å². The molecule has 0 saturated heterocycles. The standard InChI is InChI=1S/C47H41N5.C45H38N6.2Pt/c1-28-21-30-19-20-48-43(30)37(22-28)39-23-31(29-13-9-8-10-14-29)24-40(49-39)44-34-15-11-12-16-41(34)52(51-44)42-27-33(47(5,6)7)26-36-35-25-32(46(2,3)4)17-18-38(35)50-45(36)42;1-44(2,3)30-19-20-36-34(23-30)35-24-31(45(4,5)6)25-40(43(35)48-36)51-39-18-11-10-16-33(39)42(50-51)38-22-29(27-13-8-7-9-14-27)21-37(47-38)32-17-12-15-28-26-46-49-41(28)32;;/h8-27H,1-7H3;7-26H,1-6H3;;/q2*-2;2*+2. The van der Waals surface area contributed by atoms with Gasteiger partial charge in [0.05, 0.1) is 45.2 Å². The summed E-state index contributed by atoms with van der Waals surface area (Å²) in [6.07, 6.45) is 3.68. The largest absolute Gasteiger partial charge is 2.00 e. The second-order valence-electron chi connectivity index (χ2n) is 31.8. The number of hydrogen-bond acceptors (Lipinski definition) is 5. The molecule has 0 spiro atoms. The van der Waals surface area contributed by atoms with E-state index in [-0.39, 0.29) is 63.8 Å². The molecule has 0 saturated carbocycles. The van der Waals surface area contributed by atoms with E-state index in [0.717, 1.165) is 155 Å². The number of hydrogen-bond donors (Lipinski definition) is 0. The third-order valence-electron chi connectivity index (χ3n) is 20.4. The number of benzene rings is 10. The van der Waals surface area contributed by atoms with Gasteiger partial charge in [0.2, 0.25) is 0 Å². The first-order valence-corrected chi connectivity index (χ1v) is 35.6. The fraction of sp³-hybridized carbons (Fsp3) is 0.185. The maximum atomic E-state index is 5.47. The molecule has 11 nitrogen and oxygen atoms in total. The number of rotatable bonds is 8. The van der Waals surface area contributed by atoms with Crippen molar-refractivity contribution in [1.82, 2.24) is 54.7 Å². The van der Waals surface area contributed by atoms with Crippen molar-refractivity contribution < 1.29 is 42.1 Å². The molecule has 105 heavy (non-hydrogen) atoms. The van der Waals surface area contributed by atoms with Crippen LogP contribution in [0.1, 0.15) is 111 Å². The third-order valence-corrected chi connectivity index (χ3v) is 20.4. The molecule has 0 unspecified atom stereocenters. The number of nitrogens with zero attached hydrogens (tertiary/aromatic N) is 11. The van der Waals surface area contributed by atoms with Gasteiger partial charge >= 0.3 is 42.1 Å². The Morgan fingerprint density at radius 1 is 0.333 bits per heavy atom. The molecule has 13 heteroatoms. The number of pyridine rings is 2. The Kier molecular flexibility index (Phi) is 17.7. The summed E-state index contributed by atoms with van der Waals surface area (Å²) in [5, 5.41) is 28.4. The average Bonchev–Trinajstić information content (AvgIpc) is 1.59. The Hall–Kier alpha value is -10.6. The van der Waals surface area contributed by atoms with Crippen molar-refractivity contribution in [2.45, 2.75) is 112 Å². The van der Waals surface area contributed by atoms with Crippen molar-refractivity contribution in [2.24, 2.45) is 0 Å². The van der Waals surface area contributed by atoms with E-state index in [9.17, 15) is 0 Å². The summed E-state index contributed by atoms with van der Waals surface area (Å²) in [7, 11) is 0. The average molecular weight is 1730 g/mol. The van der Waals surface area contributed by atoms with Gasteiger partial charge in [0.25, 0.3) is 0 Å². The molecule has 0 amide bonds. The zero-order valence-corrected chi connectivity index (χ0v) is 65.7. The SMILES string of the molecule is CC(C)(C)c1ccc2[n-]c3c(-n4nc(-c5cc(-c6ccccc6)cc(-c6cccc7cn[n-]c67)n5)c5ccccc54)cc(C(C)(C)C)cc3c2c1.Cc1cc(-c2cc(-c3ccccc3)cc(-c3nn(-c4cc(C(C)(C)C)cc5c4[n-]c4ccc(C(C)(C)C)cc45)c4ccccc34)n2)c2[n-]ccc2c1.[Pt+2].[Pt+2]. The summed E-state index contributed by atoms with van der Waals surface area (Å²) in [5.74, 6) is 0. The van der Waals surface area contributed by atoms with Crippen LogP contribution >= 0.6 is 0 Å². The maximum absolute atomic E-state index is 5.47. The molecule has 0 N–H and O–H groups in total. The van der Waals surface area contributed by atoms with E-state index in [1.165, 1.54) is 38.6 Å². The smallest absolute Gasteiger partial charge is 0.663 e. The molecule has 0 atom stereocenters. The maximum Gasteiger partial charge on any atom is 2.00 e. The molecule has 0 fully saturated rings. The van der Waals surface area contributed by atoms with Crippen molar-refractivity contribution in [1.29, 1.82) is 0 Å². The van der Waals surface area contributed by atoms with Crippen LogP contribution in [0.4, 0.5) is 0 Å². The molecule has 0 radical (unpaired) electrons. The topological polar surface area (TPSA) is 131 Å². The van der Waals surface area contributed by atoms with Crippen LogP contribution < -0.4 is 20.1 Å². The number of aromatic nitrogens is 11. The van der Waals surface area contributed by atoms with Crippen LogP contribution in [0.15, 0.2) is 243 Å². The summed E-state index contributed by atoms with van der Waals surface area (Å²) in [6.45, 7) is 29.3. The fourth-order valence-corrected chi connectivity index (χ4v) is 14.6. The van der Waals surface area contributed by atoms with Gasteiger partial charge < -0.3 is 25.1 Å². The second kappa shape index (κ2) is 26.5. The molecule has 18 rings (SSSR count). The molecular weight excluding hydrogens is 1650 g/mol. The summed E-state index contributed by atoms with van der Waals surface area (Å²) in [6, 6.07) is 81.8. The van der Waals surface area contributed by atoms with Gasteiger partial charge in [0.1, 0.15) is 11.4 Å². The van der Waals surface area contributed by atoms with Crippen LogP contribution in [0.3, 0.4) is 0 Å². The van der Waals surface area contributed by atoms with Crippen LogP contribution in [0.5, 0.6) is 0 Å². The molecule has 8 aromatic heterocycles. The molecule has 18 aromatic rings. The molecule has 0 aliphatic heterocycles. The first-order valence-electron chi connectivity index (χ1n) is 35.6. The van der Waals surface area contributed by atoms with Gasteiger partial charge in [-0.3, -0.25) is 0 Å². The molecule has 10 aromatic carbocycles. The number of para-hydroxylation sites is 2. The van der Waals surface area contributed by atoms with Crippen LogP contribution in [0.2, 0.25) is 0 Å². The van der Waals surface area contributed by atoms with Crippen molar-refractivity contribution in [3.8, 4) is 78.9 Å². The van der Waals surface area contributed by atoms with Gasteiger partial charge in [0, 0.05) is 17.0 Å². The Balaban J connectivity index is 0.000000165. The molecule has 0 bridgehead atoms. The first kappa shape index (κ1) is 70.1. The van der Waals surface area contributed by atoms with Crippen molar-refractivity contribution in [3.05, 3.63) is 271 Å². The molecule has 0 aliphatic rings. The third kappa shape index (κ3) is 12.8. The Bertz CT molecular complexity index is 6370. The van der Waals surface area contributed by atoms with E-state index in [0.29, 0.717) is 0 Å². The minimum Gasteiger partial charge on any atom is -0.663 e. The van der Waals surface area contributed by atoms with Gasteiger partial charge in [-0.2, -0.15) is 16.4 Å². The summed E-state index contributed by atoms with van der Waals surface area (Å²) in [5.41, 5.74) is 27.0. The normalized spacial score (nSPS) is 12.3. The number of fused-ring (bicyclic) bond motifs is 10. The van der Waals surface area contributed by atoms with Crippen molar-refractivity contribution in [3.63, 3.8) is 0 Å². The predicted molar refractivity (Wildman–Crippen MR) is 426 cm³/mol.